The summed E-state index contributed by atoms with van der Waals surface area (Å²) in [4.78, 5) is 4.29. The van der Waals surface area contributed by atoms with Gasteiger partial charge >= 0.3 is 0 Å². The maximum absolute atomic E-state index is 6.16. The van der Waals surface area contributed by atoms with E-state index in [0.29, 0.717) is 19.1 Å². The van der Waals surface area contributed by atoms with E-state index in [-0.39, 0.29) is 30.1 Å². The maximum Gasteiger partial charge on any atom is 0.191 e. The second kappa shape index (κ2) is 14.0. The molecule has 1 aromatic carbocycles. The first-order chi connectivity index (χ1) is 13.1. The van der Waals surface area contributed by atoms with E-state index in [9.17, 15) is 0 Å². The van der Waals surface area contributed by atoms with Gasteiger partial charge in [0.1, 0.15) is 11.9 Å². The van der Waals surface area contributed by atoms with Gasteiger partial charge in [0.05, 0.1) is 13.2 Å². The lowest BCUT2D eigenvalue weighted by Gasteiger charge is -2.18. The van der Waals surface area contributed by atoms with E-state index in [2.05, 4.69) is 54.6 Å². The fraction of sp³-hybridized carbons (Fsp3) is 0.667. The van der Waals surface area contributed by atoms with Crippen LogP contribution < -0.4 is 15.4 Å². The summed E-state index contributed by atoms with van der Waals surface area (Å²) in [7, 11) is 1.78. The molecule has 160 valence electrons. The van der Waals surface area contributed by atoms with E-state index in [4.69, 9.17) is 14.2 Å². The zero-order chi connectivity index (χ0) is 19.5. The van der Waals surface area contributed by atoms with E-state index >= 15 is 0 Å². The number of hydrogen-bond donors (Lipinski definition) is 2. The second-order valence-electron chi connectivity index (χ2n) is 7.39. The van der Waals surface area contributed by atoms with Crippen LogP contribution in [0.3, 0.4) is 0 Å². The number of hydrogen-bond acceptors (Lipinski definition) is 4. The number of nitrogens with one attached hydrogen (secondary N) is 2. The van der Waals surface area contributed by atoms with E-state index in [1.807, 2.05) is 0 Å². The Morgan fingerprint density at radius 2 is 2.14 bits per heavy atom. The van der Waals surface area contributed by atoms with Gasteiger partial charge in [0, 0.05) is 45.3 Å². The predicted molar refractivity (Wildman–Crippen MR) is 125 cm³/mol. The van der Waals surface area contributed by atoms with E-state index in [0.717, 1.165) is 56.5 Å². The third-order valence-electron chi connectivity index (χ3n) is 4.28. The largest absolute Gasteiger partial charge is 0.488 e. The monoisotopic (exact) mass is 505 g/mol. The summed E-state index contributed by atoms with van der Waals surface area (Å²) in [5.41, 5.74) is 2.31. The molecule has 1 saturated heterocycles. The average Bonchev–Trinajstić information content (AvgIpc) is 3.14. The van der Waals surface area contributed by atoms with Crippen molar-refractivity contribution in [2.75, 3.05) is 40.0 Å². The summed E-state index contributed by atoms with van der Waals surface area (Å²) in [5, 5.41) is 6.70. The molecule has 1 aliphatic heterocycles. The van der Waals surface area contributed by atoms with Gasteiger partial charge in [-0.15, -0.1) is 24.0 Å². The van der Waals surface area contributed by atoms with Gasteiger partial charge in [-0.2, -0.15) is 0 Å². The molecule has 0 saturated carbocycles. The first kappa shape index (κ1) is 25.0. The van der Waals surface area contributed by atoms with Gasteiger partial charge in [0.25, 0.3) is 0 Å². The number of halogens is 1. The van der Waals surface area contributed by atoms with Gasteiger partial charge in [-0.3, -0.25) is 4.99 Å². The molecule has 0 amide bonds. The molecule has 2 N–H and O–H groups in total. The fourth-order valence-electron chi connectivity index (χ4n) is 2.80. The number of benzene rings is 1. The SMILES string of the molecule is CN=C(NCCCOCC(C)C)NCc1ccc(C)cc1OC1CCOC1.I. The number of nitrogens with zero attached hydrogens (tertiary/aromatic N) is 1. The smallest absolute Gasteiger partial charge is 0.191 e. The first-order valence-electron chi connectivity index (χ1n) is 9.94. The summed E-state index contributed by atoms with van der Waals surface area (Å²) < 4.78 is 17.2. The minimum absolute atomic E-state index is 0. The van der Waals surface area contributed by atoms with Crippen molar-refractivity contribution in [3.8, 4) is 5.75 Å². The molecule has 1 aliphatic rings. The van der Waals surface area contributed by atoms with Crippen LogP contribution in [0, 0.1) is 12.8 Å². The molecule has 1 atom stereocenters. The van der Waals surface area contributed by atoms with Crippen molar-refractivity contribution in [1.82, 2.24) is 10.6 Å². The Kier molecular flexibility index (Phi) is 12.5. The number of aryl methyl sites for hydroxylation is 1. The van der Waals surface area contributed by atoms with Crippen LogP contribution in [0.1, 0.15) is 37.8 Å². The Hall–Kier alpha value is -1.06. The standard InChI is InChI=1S/C21H35N3O3.HI/c1-16(2)14-25-10-5-9-23-21(22-4)24-13-18-7-6-17(3)12-20(18)27-19-8-11-26-15-19;/h6-7,12,16,19H,5,8-11,13-15H2,1-4H3,(H2,22,23,24);1H. The molecule has 0 aliphatic carbocycles. The molecule has 0 spiro atoms. The van der Waals surface area contributed by atoms with Gasteiger partial charge in [0.15, 0.2) is 5.96 Å². The molecule has 1 heterocycles. The lowest BCUT2D eigenvalue weighted by atomic mass is 10.1. The van der Waals surface area contributed by atoms with Crippen molar-refractivity contribution in [1.29, 1.82) is 0 Å². The molecule has 1 unspecified atom stereocenters. The quantitative estimate of drug-likeness (QED) is 0.221. The van der Waals surface area contributed by atoms with Crippen LogP contribution in [0.2, 0.25) is 0 Å². The molecule has 28 heavy (non-hydrogen) atoms. The summed E-state index contributed by atoms with van der Waals surface area (Å²) in [5.74, 6) is 2.29. The number of guanidine groups is 1. The normalized spacial score (nSPS) is 16.8. The van der Waals surface area contributed by atoms with E-state index < -0.39 is 0 Å². The van der Waals surface area contributed by atoms with Gasteiger partial charge in [0.2, 0.25) is 0 Å². The zero-order valence-corrected chi connectivity index (χ0v) is 20.0. The van der Waals surface area contributed by atoms with Crippen molar-refractivity contribution in [3.05, 3.63) is 29.3 Å². The van der Waals surface area contributed by atoms with Crippen molar-refractivity contribution in [2.24, 2.45) is 10.9 Å². The van der Waals surface area contributed by atoms with Gasteiger partial charge in [-0.25, -0.2) is 0 Å². The highest BCUT2D eigenvalue weighted by atomic mass is 127. The number of ether oxygens (including phenoxy) is 3. The highest BCUT2D eigenvalue weighted by Gasteiger charge is 2.18. The Morgan fingerprint density at radius 3 is 2.82 bits per heavy atom. The molecular formula is C21H36IN3O3. The summed E-state index contributed by atoms with van der Waals surface area (Å²) in [6.07, 6.45) is 2.05. The summed E-state index contributed by atoms with van der Waals surface area (Å²) in [6.45, 7) is 10.9. The molecule has 7 heteroatoms. The third-order valence-corrected chi connectivity index (χ3v) is 4.28. The van der Waals surface area contributed by atoms with Crippen molar-refractivity contribution < 1.29 is 14.2 Å². The van der Waals surface area contributed by atoms with E-state index in [1.165, 1.54) is 5.56 Å². The molecule has 6 nitrogen and oxygen atoms in total. The van der Waals surface area contributed by atoms with Crippen LogP contribution in [0.5, 0.6) is 5.75 Å². The van der Waals surface area contributed by atoms with Gasteiger partial charge in [-0.05, 0) is 30.9 Å². The highest BCUT2D eigenvalue weighted by molar-refractivity contribution is 14.0. The van der Waals surface area contributed by atoms with Gasteiger partial charge in [-0.1, -0.05) is 26.0 Å². The van der Waals surface area contributed by atoms with E-state index in [1.54, 1.807) is 7.05 Å². The fourth-order valence-corrected chi connectivity index (χ4v) is 2.80. The summed E-state index contributed by atoms with van der Waals surface area (Å²) >= 11 is 0. The molecule has 1 aromatic rings. The number of rotatable bonds is 10. The van der Waals surface area contributed by atoms with Crippen LogP contribution in [0.15, 0.2) is 23.2 Å². The zero-order valence-electron chi connectivity index (χ0n) is 17.6. The Morgan fingerprint density at radius 1 is 1.32 bits per heavy atom. The maximum atomic E-state index is 6.16. The third kappa shape index (κ3) is 9.43. The van der Waals surface area contributed by atoms with Gasteiger partial charge < -0.3 is 24.8 Å². The first-order valence-corrected chi connectivity index (χ1v) is 9.94. The minimum atomic E-state index is 0. The average molecular weight is 505 g/mol. The molecule has 2 rings (SSSR count). The molecule has 0 bridgehead atoms. The lowest BCUT2D eigenvalue weighted by molar-refractivity contribution is 0.108. The van der Waals surface area contributed by atoms with Crippen LogP contribution >= 0.6 is 24.0 Å². The van der Waals surface area contributed by atoms with Crippen LogP contribution in [-0.2, 0) is 16.0 Å². The predicted octanol–water partition coefficient (Wildman–Crippen LogP) is 3.51. The molecule has 1 fully saturated rings. The minimum Gasteiger partial charge on any atom is -0.488 e. The van der Waals surface area contributed by atoms with Crippen LogP contribution in [-0.4, -0.2) is 52.1 Å². The lowest BCUT2D eigenvalue weighted by Crippen LogP contribution is -2.37. The van der Waals surface area contributed by atoms with Crippen molar-refractivity contribution >= 4 is 29.9 Å². The summed E-state index contributed by atoms with van der Waals surface area (Å²) in [6, 6.07) is 6.31. The Bertz CT molecular complexity index is 590. The molecular weight excluding hydrogens is 469 g/mol. The Balaban J connectivity index is 0.00000392. The van der Waals surface area contributed by atoms with Crippen LogP contribution in [0.4, 0.5) is 0 Å². The van der Waals surface area contributed by atoms with Crippen molar-refractivity contribution in [2.45, 2.75) is 46.3 Å². The van der Waals surface area contributed by atoms with Crippen molar-refractivity contribution in [3.63, 3.8) is 0 Å². The topological polar surface area (TPSA) is 64.1 Å². The highest BCUT2D eigenvalue weighted by Crippen LogP contribution is 2.23. The molecule has 0 radical (unpaired) electrons. The molecule has 0 aromatic heterocycles. The second-order valence-corrected chi connectivity index (χ2v) is 7.39. The Labute approximate surface area is 186 Å². The number of aliphatic imine (C=N–C) groups is 1. The van der Waals surface area contributed by atoms with Crippen LogP contribution in [0.25, 0.3) is 0 Å².